The highest BCUT2D eigenvalue weighted by Gasteiger charge is 2.17. The van der Waals surface area contributed by atoms with Crippen molar-refractivity contribution in [3.05, 3.63) is 87.9 Å². The predicted molar refractivity (Wildman–Crippen MR) is 145 cm³/mol. The number of hydrogen-bond acceptors (Lipinski definition) is 7. The van der Waals surface area contributed by atoms with E-state index in [-0.39, 0.29) is 11.6 Å². The van der Waals surface area contributed by atoms with Crippen LogP contribution in [0.5, 0.6) is 0 Å². The van der Waals surface area contributed by atoms with Gasteiger partial charge in [-0.1, -0.05) is 12.1 Å². The van der Waals surface area contributed by atoms with Crippen LogP contribution in [0.15, 0.2) is 61.2 Å². The predicted octanol–water partition coefficient (Wildman–Crippen LogP) is 4.03. The molecule has 2 aromatic carbocycles. The lowest BCUT2D eigenvalue weighted by Gasteiger charge is -2.32. The summed E-state index contributed by atoms with van der Waals surface area (Å²) in [5.41, 5.74) is 3.45. The van der Waals surface area contributed by atoms with E-state index in [0.717, 1.165) is 55.3 Å². The topological polar surface area (TPSA) is 95.4 Å². The second-order valence-electron chi connectivity index (χ2n) is 9.31. The fraction of sp³-hybridized carbons (Fsp3) is 0.259. The summed E-state index contributed by atoms with van der Waals surface area (Å²) in [6.07, 6.45) is 2.70. The molecule has 0 bridgehead atoms. The highest BCUT2D eigenvalue weighted by molar-refractivity contribution is 7.16. The van der Waals surface area contributed by atoms with E-state index in [1.165, 1.54) is 35.0 Å². The fourth-order valence-electron chi connectivity index (χ4n) is 4.29. The number of likely N-dealkylation sites (N-methyl/N-ethyl adjacent to an activating group) is 1. The molecule has 1 fully saturated rings. The molecule has 0 unspecified atom stereocenters. The molecule has 38 heavy (non-hydrogen) atoms. The van der Waals surface area contributed by atoms with E-state index in [4.69, 9.17) is 0 Å². The number of anilines is 2. The highest BCUT2D eigenvalue weighted by Crippen LogP contribution is 2.24. The summed E-state index contributed by atoms with van der Waals surface area (Å²) >= 11 is 1.07. The fourth-order valence-corrected chi connectivity index (χ4v) is 5.09. The van der Waals surface area contributed by atoms with E-state index < -0.39 is 11.7 Å². The molecular formula is C27H28FN7O2S. The summed E-state index contributed by atoms with van der Waals surface area (Å²) in [4.78, 5) is 34.9. The van der Waals surface area contributed by atoms with Crippen LogP contribution in [-0.2, 0) is 6.54 Å². The van der Waals surface area contributed by atoms with E-state index in [0.29, 0.717) is 15.4 Å². The van der Waals surface area contributed by atoms with Gasteiger partial charge in [-0.25, -0.2) is 14.1 Å². The molecule has 0 saturated carbocycles. The number of piperazine rings is 1. The van der Waals surface area contributed by atoms with Gasteiger partial charge in [0.25, 0.3) is 11.8 Å². The van der Waals surface area contributed by atoms with Gasteiger partial charge in [-0.05, 0) is 61.5 Å². The third-order valence-corrected chi connectivity index (χ3v) is 7.55. The lowest BCUT2D eigenvalue weighted by molar-refractivity contribution is 0.102. The zero-order chi connectivity index (χ0) is 26.6. The largest absolute Gasteiger partial charge is 0.321 e. The third-order valence-electron chi connectivity index (χ3n) is 6.47. The number of halogens is 1. The highest BCUT2D eigenvalue weighted by atomic mass is 32.1. The van der Waals surface area contributed by atoms with Crippen LogP contribution >= 0.6 is 11.3 Å². The molecular weight excluding hydrogens is 505 g/mol. The van der Waals surface area contributed by atoms with Crippen LogP contribution < -0.4 is 10.6 Å². The molecule has 0 aliphatic carbocycles. The summed E-state index contributed by atoms with van der Waals surface area (Å²) in [6, 6.07) is 13.6. The number of hydrogen-bond donors (Lipinski definition) is 2. The molecule has 196 valence electrons. The summed E-state index contributed by atoms with van der Waals surface area (Å²) < 4.78 is 15.8. The SMILES string of the molecule is Cc1cc(CN2CCN(C)CC2)ccc1NC(=O)c1ccc(C(=O)Nc2ccc(-n3cncn3)c(F)c2)s1. The normalized spacial score (nSPS) is 14.4. The van der Waals surface area contributed by atoms with Gasteiger partial charge in [-0.15, -0.1) is 11.3 Å². The summed E-state index contributed by atoms with van der Waals surface area (Å²) in [5.74, 6) is -1.26. The first-order valence-corrected chi connectivity index (χ1v) is 13.0. The standard InChI is InChI=1S/C27H28FN7O2S/c1-18-13-19(15-34-11-9-33(2)10-12-34)3-5-22(18)32-27(37)25-8-7-24(38-25)26(36)31-20-4-6-23(21(28)14-20)35-17-29-16-30-35/h3-8,13-14,16-17H,9-12,15H2,1-2H3,(H,31,36)(H,32,37). The van der Waals surface area contributed by atoms with Gasteiger partial charge >= 0.3 is 0 Å². The smallest absolute Gasteiger partial charge is 0.265 e. The molecule has 2 amide bonds. The van der Waals surface area contributed by atoms with Crippen molar-refractivity contribution < 1.29 is 14.0 Å². The molecule has 9 nitrogen and oxygen atoms in total. The number of amides is 2. The van der Waals surface area contributed by atoms with Crippen molar-refractivity contribution in [3.63, 3.8) is 0 Å². The summed E-state index contributed by atoms with van der Waals surface area (Å²) in [6.45, 7) is 7.10. The first-order valence-electron chi connectivity index (χ1n) is 12.2. The van der Waals surface area contributed by atoms with Crippen LogP contribution in [0.3, 0.4) is 0 Å². The lowest BCUT2D eigenvalue weighted by Crippen LogP contribution is -2.43. The van der Waals surface area contributed by atoms with Gasteiger partial charge in [0.1, 0.15) is 18.3 Å². The maximum absolute atomic E-state index is 14.5. The minimum absolute atomic E-state index is 0.221. The van der Waals surface area contributed by atoms with Crippen LogP contribution in [0, 0.1) is 12.7 Å². The van der Waals surface area contributed by atoms with Gasteiger partial charge in [0.2, 0.25) is 0 Å². The van der Waals surface area contributed by atoms with E-state index in [1.54, 1.807) is 18.2 Å². The Balaban J connectivity index is 1.19. The molecule has 0 spiro atoms. The van der Waals surface area contributed by atoms with Gasteiger partial charge in [0.05, 0.1) is 9.75 Å². The van der Waals surface area contributed by atoms with Gasteiger partial charge < -0.3 is 15.5 Å². The molecule has 3 heterocycles. The van der Waals surface area contributed by atoms with Crippen LogP contribution in [0.1, 0.15) is 30.5 Å². The Kier molecular flexibility index (Phi) is 7.59. The molecule has 2 N–H and O–H groups in total. The van der Waals surface area contributed by atoms with Crippen LogP contribution in [0.25, 0.3) is 5.69 Å². The van der Waals surface area contributed by atoms with Gasteiger partial charge in [-0.3, -0.25) is 14.5 Å². The number of benzene rings is 2. The Morgan fingerprint density at radius 1 is 0.974 bits per heavy atom. The maximum atomic E-state index is 14.5. The van der Waals surface area contributed by atoms with Crippen molar-refractivity contribution in [2.75, 3.05) is 43.9 Å². The summed E-state index contributed by atoms with van der Waals surface area (Å²) in [7, 11) is 2.14. The first kappa shape index (κ1) is 25.7. The van der Waals surface area contributed by atoms with Gasteiger partial charge in [0.15, 0.2) is 5.82 Å². The van der Waals surface area contributed by atoms with Crippen LogP contribution in [0.2, 0.25) is 0 Å². The van der Waals surface area contributed by atoms with Crippen LogP contribution in [-0.4, -0.2) is 69.6 Å². The Morgan fingerprint density at radius 2 is 1.71 bits per heavy atom. The number of thiophene rings is 1. The number of aromatic nitrogens is 3. The number of carbonyl (C=O) groups is 2. The van der Waals surface area contributed by atoms with Crippen molar-refractivity contribution in [1.29, 1.82) is 0 Å². The Hall–Kier alpha value is -3.93. The number of nitrogens with zero attached hydrogens (tertiary/aromatic N) is 5. The van der Waals surface area contributed by atoms with Crippen LogP contribution in [0.4, 0.5) is 15.8 Å². The van der Waals surface area contributed by atoms with E-state index in [9.17, 15) is 14.0 Å². The second-order valence-corrected chi connectivity index (χ2v) is 10.4. The molecule has 11 heteroatoms. The number of aryl methyl sites for hydroxylation is 1. The molecule has 1 aliphatic heterocycles. The second kappa shape index (κ2) is 11.2. The van der Waals surface area contributed by atoms with Gasteiger partial charge in [0, 0.05) is 44.1 Å². The zero-order valence-electron chi connectivity index (χ0n) is 21.1. The molecule has 0 radical (unpaired) electrons. The lowest BCUT2D eigenvalue weighted by atomic mass is 10.1. The zero-order valence-corrected chi connectivity index (χ0v) is 22.0. The van der Waals surface area contributed by atoms with Crippen molar-refractivity contribution in [2.24, 2.45) is 0 Å². The Bertz CT molecular complexity index is 1450. The molecule has 4 aromatic rings. The third kappa shape index (κ3) is 5.96. The maximum Gasteiger partial charge on any atom is 0.265 e. The number of carbonyl (C=O) groups excluding carboxylic acids is 2. The Labute approximate surface area is 223 Å². The quantitative estimate of drug-likeness (QED) is 0.373. The minimum atomic E-state index is -0.551. The van der Waals surface area contributed by atoms with Crippen molar-refractivity contribution in [1.82, 2.24) is 24.6 Å². The average Bonchev–Trinajstić information content (AvgIpc) is 3.60. The van der Waals surface area contributed by atoms with E-state index >= 15 is 0 Å². The monoisotopic (exact) mass is 533 g/mol. The van der Waals surface area contributed by atoms with Crippen molar-refractivity contribution in [2.45, 2.75) is 13.5 Å². The van der Waals surface area contributed by atoms with E-state index in [1.807, 2.05) is 19.1 Å². The molecule has 1 saturated heterocycles. The summed E-state index contributed by atoms with van der Waals surface area (Å²) in [5, 5.41) is 9.53. The molecule has 5 rings (SSSR count). The minimum Gasteiger partial charge on any atom is -0.321 e. The molecule has 0 atom stereocenters. The van der Waals surface area contributed by atoms with Crippen molar-refractivity contribution in [3.8, 4) is 5.69 Å². The molecule has 2 aromatic heterocycles. The first-order chi connectivity index (χ1) is 18.4. The Morgan fingerprint density at radius 3 is 2.37 bits per heavy atom. The van der Waals surface area contributed by atoms with Crippen molar-refractivity contribution >= 4 is 34.5 Å². The average molecular weight is 534 g/mol. The van der Waals surface area contributed by atoms with E-state index in [2.05, 4.69) is 43.6 Å². The number of nitrogens with one attached hydrogen (secondary N) is 2. The van der Waals surface area contributed by atoms with Gasteiger partial charge in [-0.2, -0.15) is 5.10 Å². The number of rotatable bonds is 7. The molecule has 1 aliphatic rings.